The largest absolute Gasteiger partial charge is 0.494 e. The summed E-state index contributed by atoms with van der Waals surface area (Å²) < 4.78 is 34.5. The number of halogens is 2. The molecule has 230 valence electrons. The summed E-state index contributed by atoms with van der Waals surface area (Å²) in [5, 5.41) is 3.78. The van der Waals surface area contributed by atoms with E-state index in [1.54, 1.807) is 60.7 Å². The third-order valence-corrected chi connectivity index (χ3v) is 10.0. The zero-order valence-corrected chi connectivity index (χ0v) is 26.7. The highest BCUT2D eigenvalue weighted by Crippen LogP contribution is 2.30. The first kappa shape index (κ1) is 32.6. The van der Waals surface area contributed by atoms with Gasteiger partial charge in [0.2, 0.25) is 11.8 Å². The number of carbonyl (C=O) groups excluding carboxylic acids is 2. The van der Waals surface area contributed by atoms with Gasteiger partial charge >= 0.3 is 0 Å². The quantitative estimate of drug-likeness (QED) is 0.230. The highest BCUT2D eigenvalue weighted by atomic mass is 35.5. The van der Waals surface area contributed by atoms with Gasteiger partial charge in [-0.3, -0.25) is 13.9 Å². The van der Waals surface area contributed by atoms with Crippen molar-refractivity contribution in [2.75, 3.05) is 17.5 Å². The average Bonchev–Trinajstić information content (AvgIpc) is 3.51. The van der Waals surface area contributed by atoms with Crippen LogP contribution in [0.4, 0.5) is 5.69 Å². The summed E-state index contributed by atoms with van der Waals surface area (Å²) in [4.78, 5) is 29.3. The molecule has 0 aliphatic heterocycles. The Kier molecular flexibility index (Phi) is 11.3. The molecule has 1 atom stereocenters. The van der Waals surface area contributed by atoms with E-state index in [1.165, 1.54) is 17.0 Å². The molecule has 1 aliphatic rings. The van der Waals surface area contributed by atoms with Gasteiger partial charge in [0.05, 0.1) is 17.2 Å². The average molecular weight is 647 g/mol. The zero-order chi connectivity index (χ0) is 31.0. The maximum Gasteiger partial charge on any atom is 0.264 e. The lowest BCUT2D eigenvalue weighted by Crippen LogP contribution is -2.53. The molecule has 8 nitrogen and oxygen atoms in total. The molecule has 11 heteroatoms. The highest BCUT2D eigenvalue weighted by Gasteiger charge is 2.35. The minimum Gasteiger partial charge on any atom is -0.494 e. The van der Waals surface area contributed by atoms with Crippen molar-refractivity contribution in [2.45, 2.75) is 69.5 Å². The van der Waals surface area contributed by atoms with E-state index in [0.717, 1.165) is 30.0 Å². The Morgan fingerprint density at radius 2 is 1.56 bits per heavy atom. The van der Waals surface area contributed by atoms with E-state index in [1.807, 2.05) is 13.8 Å². The van der Waals surface area contributed by atoms with Crippen molar-refractivity contribution in [2.24, 2.45) is 0 Å². The van der Waals surface area contributed by atoms with Gasteiger partial charge in [-0.05, 0) is 74.7 Å². The number of nitrogens with one attached hydrogen (secondary N) is 1. The van der Waals surface area contributed by atoms with Crippen molar-refractivity contribution in [3.05, 3.63) is 88.4 Å². The predicted octanol–water partition coefficient (Wildman–Crippen LogP) is 6.45. The molecule has 3 aromatic rings. The molecule has 4 rings (SSSR count). The molecule has 1 saturated carbocycles. The first-order valence-corrected chi connectivity index (χ1v) is 16.7. The second-order valence-corrected chi connectivity index (χ2v) is 13.1. The Morgan fingerprint density at radius 3 is 2.14 bits per heavy atom. The molecule has 0 spiro atoms. The van der Waals surface area contributed by atoms with Crippen molar-refractivity contribution < 1.29 is 22.7 Å². The smallest absolute Gasteiger partial charge is 0.264 e. The summed E-state index contributed by atoms with van der Waals surface area (Å²) in [5.74, 6) is -0.290. The number of amides is 2. The van der Waals surface area contributed by atoms with E-state index >= 15 is 0 Å². The molecule has 0 bridgehead atoms. The van der Waals surface area contributed by atoms with E-state index in [4.69, 9.17) is 27.9 Å². The maximum absolute atomic E-state index is 14.3. The lowest BCUT2D eigenvalue weighted by molar-refractivity contribution is -0.140. The molecule has 0 unspecified atom stereocenters. The molecule has 0 heterocycles. The van der Waals surface area contributed by atoms with E-state index in [0.29, 0.717) is 34.4 Å². The number of anilines is 1. The van der Waals surface area contributed by atoms with Crippen LogP contribution in [0.25, 0.3) is 0 Å². The molecular formula is C32H37Cl2N3O5S. The lowest BCUT2D eigenvalue weighted by Gasteiger charge is -2.34. The summed E-state index contributed by atoms with van der Waals surface area (Å²) in [6.07, 6.45) is 4.14. The molecule has 1 aliphatic carbocycles. The van der Waals surface area contributed by atoms with Crippen LogP contribution in [0, 0.1) is 0 Å². The van der Waals surface area contributed by atoms with Crippen LogP contribution in [-0.4, -0.2) is 50.4 Å². The van der Waals surface area contributed by atoms with Crippen LogP contribution in [0.3, 0.4) is 0 Å². The topological polar surface area (TPSA) is 96.0 Å². The molecular weight excluding hydrogens is 609 g/mol. The third kappa shape index (κ3) is 8.02. The Bertz CT molecular complexity index is 1480. The standard InChI is InChI=1S/C32H37Cl2N3O5S/c1-3-30(32(39)35-23-11-8-9-12-23)36(21-27-28(33)15-10-16-29(27)34)31(38)22-37(24-17-19-25(20-18-24)42-4-2)43(40,41)26-13-6-5-7-14-26/h5-7,10,13-20,23,30H,3-4,8-9,11-12,21-22H2,1-2H3,(H,35,39)/t30-/m0/s1. The van der Waals surface area contributed by atoms with Crippen molar-refractivity contribution in [3.8, 4) is 5.75 Å². The fourth-order valence-electron chi connectivity index (χ4n) is 5.26. The first-order valence-electron chi connectivity index (χ1n) is 14.5. The van der Waals surface area contributed by atoms with Crippen LogP contribution >= 0.6 is 23.2 Å². The molecule has 1 N–H and O–H groups in total. The molecule has 1 fully saturated rings. The third-order valence-electron chi connectivity index (χ3n) is 7.52. The SMILES string of the molecule is CCOc1ccc(N(CC(=O)N(Cc2c(Cl)cccc2Cl)[C@@H](CC)C(=O)NC2CCCC2)S(=O)(=O)c2ccccc2)cc1. The molecule has 0 radical (unpaired) electrons. The summed E-state index contributed by atoms with van der Waals surface area (Å²) >= 11 is 13.0. The molecule has 0 aromatic heterocycles. The second kappa shape index (κ2) is 14.9. The van der Waals surface area contributed by atoms with E-state index in [-0.39, 0.29) is 29.1 Å². The van der Waals surface area contributed by atoms with Gasteiger partial charge in [-0.15, -0.1) is 0 Å². The minimum absolute atomic E-state index is 0.0309. The van der Waals surface area contributed by atoms with Gasteiger partial charge in [-0.1, -0.05) is 67.2 Å². The van der Waals surface area contributed by atoms with E-state index < -0.39 is 28.5 Å². The van der Waals surface area contributed by atoms with Gasteiger partial charge in [0.25, 0.3) is 10.0 Å². The van der Waals surface area contributed by atoms with Gasteiger partial charge in [-0.2, -0.15) is 0 Å². The molecule has 2 amide bonds. The predicted molar refractivity (Wildman–Crippen MR) is 170 cm³/mol. The summed E-state index contributed by atoms with van der Waals surface area (Å²) in [5.41, 5.74) is 0.754. The first-order chi connectivity index (χ1) is 20.6. The van der Waals surface area contributed by atoms with Crippen molar-refractivity contribution in [3.63, 3.8) is 0 Å². The summed E-state index contributed by atoms with van der Waals surface area (Å²) in [6.45, 7) is 3.49. The minimum atomic E-state index is -4.18. The van der Waals surface area contributed by atoms with Crippen LogP contribution in [-0.2, 0) is 26.2 Å². The van der Waals surface area contributed by atoms with Crippen LogP contribution in [0.2, 0.25) is 10.0 Å². The number of rotatable bonds is 13. The molecule has 3 aromatic carbocycles. The highest BCUT2D eigenvalue weighted by molar-refractivity contribution is 7.92. The van der Waals surface area contributed by atoms with Crippen LogP contribution in [0.1, 0.15) is 51.5 Å². The number of carbonyl (C=O) groups is 2. The van der Waals surface area contributed by atoms with E-state index in [2.05, 4.69) is 5.32 Å². The summed E-state index contributed by atoms with van der Waals surface area (Å²) in [7, 11) is -4.18. The Labute approximate surface area is 264 Å². The van der Waals surface area contributed by atoms with Gasteiger partial charge in [0.1, 0.15) is 18.3 Å². The van der Waals surface area contributed by atoms with Gasteiger partial charge < -0.3 is 15.0 Å². The molecule has 0 saturated heterocycles. The van der Waals surface area contributed by atoms with Crippen LogP contribution < -0.4 is 14.4 Å². The van der Waals surface area contributed by atoms with Crippen LogP contribution in [0.5, 0.6) is 5.75 Å². The number of nitrogens with zero attached hydrogens (tertiary/aromatic N) is 2. The summed E-state index contributed by atoms with van der Waals surface area (Å²) in [6, 6.07) is 18.6. The number of benzene rings is 3. The van der Waals surface area contributed by atoms with Crippen molar-refractivity contribution in [1.29, 1.82) is 0 Å². The Morgan fingerprint density at radius 1 is 0.930 bits per heavy atom. The monoisotopic (exact) mass is 645 g/mol. The fourth-order valence-corrected chi connectivity index (χ4v) is 7.22. The molecule has 43 heavy (non-hydrogen) atoms. The fraction of sp³-hybridized carbons (Fsp3) is 0.375. The van der Waals surface area contributed by atoms with Gasteiger partial charge in [0.15, 0.2) is 0 Å². The zero-order valence-electron chi connectivity index (χ0n) is 24.3. The van der Waals surface area contributed by atoms with Crippen molar-refractivity contribution in [1.82, 2.24) is 10.2 Å². The van der Waals surface area contributed by atoms with Gasteiger partial charge in [0, 0.05) is 28.2 Å². The lowest BCUT2D eigenvalue weighted by atomic mass is 10.1. The normalized spacial score (nSPS) is 14.2. The maximum atomic E-state index is 14.3. The second-order valence-electron chi connectivity index (χ2n) is 10.4. The number of sulfonamides is 1. The van der Waals surface area contributed by atoms with Crippen LogP contribution in [0.15, 0.2) is 77.7 Å². The Hall–Kier alpha value is -3.27. The number of hydrogen-bond donors (Lipinski definition) is 1. The number of hydrogen-bond acceptors (Lipinski definition) is 5. The van der Waals surface area contributed by atoms with Gasteiger partial charge in [-0.25, -0.2) is 8.42 Å². The van der Waals surface area contributed by atoms with Crippen molar-refractivity contribution >= 4 is 50.7 Å². The number of ether oxygens (including phenoxy) is 1. The van der Waals surface area contributed by atoms with E-state index in [9.17, 15) is 18.0 Å². The Balaban J connectivity index is 1.73.